The highest BCUT2D eigenvalue weighted by Crippen LogP contribution is 2.39. The number of amides is 2. The van der Waals surface area contributed by atoms with Gasteiger partial charge in [0.2, 0.25) is 0 Å². The lowest BCUT2D eigenvalue weighted by molar-refractivity contribution is -0.191. The third-order valence-electron chi connectivity index (χ3n) is 4.04. The molecule has 0 bridgehead atoms. The highest BCUT2D eigenvalue weighted by Gasteiger charge is 2.43. The minimum atomic E-state index is -0.416. The van der Waals surface area contributed by atoms with E-state index in [0.29, 0.717) is 26.1 Å². The number of ether oxygens (including phenoxy) is 2. The van der Waals surface area contributed by atoms with Crippen molar-refractivity contribution in [3.05, 3.63) is 0 Å². The van der Waals surface area contributed by atoms with E-state index in [2.05, 4.69) is 17.6 Å². The predicted octanol–water partition coefficient (Wildman–Crippen LogP) is 1.97. The van der Waals surface area contributed by atoms with Gasteiger partial charge in [-0.2, -0.15) is 0 Å². The molecule has 1 heterocycles. The summed E-state index contributed by atoms with van der Waals surface area (Å²) >= 11 is 0. The van der Waals surface area contributed by atoms with Crippen molar-refractivity contribution in [1.82, 2.24) is 10.6 Å². The Labute approximate surface area is 119 Å². The largest absolute Gasteiger partial charge is 0.347 e. The second-order valence-corrected chi connectivity index (χ2v) is 5.82. The molecule has 2 N–H and O–H groups in total. The third kappa shape index (κ3) is 4.31. The van der Waals surface area contributed by atoms with Gasteiger partial charge in [-0.15, -0.1) is 0 Å². The molecule has 116 valence electrons. The summed E-state index contributed by atoms with van der Waals surface area (Å²) in [6.07, 6.45) is 4.39. The molecule has 6 heteroatoms. The molecule has 0 aromatic carbocycles. The zero-order chi connectivity index (χ0) is 14.4. The van der Waals surface area contributed by atoms with Gasteiger partial charge in [-0.3, -0.25) is 4.39 Å². The molecule has 1 atom stereocenters. The van der Waals surface area contributed by atoms with E-state index >= 15 is 0 Å². The minimum absolute atomic E-state index is 0.0877. The molecule has 1 spiro atoms. The van der Waals surface area contributed by atoms with E-state index in [9.17, 15) is 9.18 Å². The molecule has 1 saturated carbocycles. The van der Waals surface area contributed by atoms with Crippen molar-refractivity contribution in [3.63, 3.8) is 0 Å². The lowest BCUT2D eigenvalue weighted by Crippen LogP contribution is -2.42. The number of rotatable bonds is 5. The average Bonchev–Trinajstić information content (AvgIpc) is 2.84. The fraction of sp³-hybridized carbons (Fsp3) is 0.929. The maximum absolute atomic E-state index is 11.9. The Hall–Kier alpha value is -0.880. The van der Waals surface area contributed by atoms with Crippen molar-refractivity contribution in [2.45, 2.75) is 50.9 Å². The number of alkyl halides is 1. The Bertz CT molecular complexity index is 320. The summed E-state index contributed by atoms with van der Waals surface area (Å²) in [5, 5.41) is 5.33. The molecule has 1 saturated heterocycles. The maximum atomic E-state index is 11.9. The number of hydrogen-bond donors (Lipinski definition) is 2. The Morgan fingerprint density at radius 2 is 2.10 bits per heavy atom. The Morgan fingerprint density at radius 1 is 1.35 bits per heavy atom. The van der Waals surface area contributed by atoms with Gasteiger partial charge in [0.15, 0.2) is 5.79 Å². The van der Waals surface area contributed by atoms with Crippen LogP contribution in [0.25, 0.3) is 0 Å². The summed E-state index contributed by atoms with van der Waals surface area (Å²) in [4.78, 5) is 11.4. The van der Waals surface area contributed by atoms with Gasteiger partial charge in [0.05, 0.1) is 13.3 Å². The van der Waals surface area contributed by atoms with Gasteiger partial charge in [0.1, 0.15) is 6.10 Å². The Morgan fingerprint density at radius 3 is 2.80 bits per heavy atom. The highest BCUT2D eigenvalue weighted by molar-refractivity contribution is 5.73. The molecule has 0 aromatic heterocycles. The van der Waals surface area contributed by atoms with E-state index in [1.807, 2.05) is 0 Å². The van der Waals surface area contributed by atoms with Crippen molar-refractivity contribution in [2.24, 2.45) is 5.92 Å². The van der Waals surface area contributed by atoms with Crippen LogP contribution >= 0.6 is 0 Å². The van der Waals surface area contributed by atoms with E-state index in [1.165, 1.54) is 0 Å². The standard InChI is InChI=1S/C14H25FN2O3/c1-11-3-5-14(6-4-11)19-10-12(20-14)9-17-13(18)16-8-2-7-15/h11-12H,2-10H2,1H3,(H2,16,17,18)/t11?,12-,14?/m1/s1. The summed E-state index contributed by atoms with van der Waals surface area (Å²) in [5.41, 5.74) is 0. The summed E-state index contributed by atoms with van der Waals surface area (Å²) < 4.78 is 23.7. The zero-order valence-corrected chi connectivity index (χ0v) is 12.1. The molecular formula is C14H25FN2O3. The molecule has 0 aromatic rings. The second-order valence-electron chi connectivity index (χ2n) is 5.82. The van der Waals surface area contributed by atoms with Crippen LogP contribution in [0.1, 0.15) is 39.0 Å². The number of urea groups is 1. The highest BCUT2D eigenvalue weighted by atomic mass is 19.1. The average molecular weight is 288 g/mol. The van der Waals surface area contributed by atoms with Gasteiger partial charge in [0.25, 0.3) is 0 Å². The fourth-order valence-corrected chi connectivity index (χ4v) is 2.72. The van der Waals surface area contributed by atoms with Gasteiger partial charge in [-0.05, 0) is 25.2 Å². The number of carbonyl (C=O) groups is 1. The lowest BCUT2D eigenvalue weighted by atomic mass is 9.86. The van der Waals surface area contributed by atoms with Crippen LogP contribution in [0.5, 0.6) is 0 Å². The van der Waals surface area contributed by atoms with Crippen molar-refractivity contribution < 1.29 is 18.7 Å². The Kier molecular flexibility index (Phi) is 5.60. The van der Waals surface area contributed by atoms with E-state index in [4.69, 9.17) is 9.47 Å². The SMILES string of the molecule is CC1CCC2(CC1)OC[C@@H](CNC(=O)NCCCF)O2. The smallest absolute Gasteiger partial charge is 0.314 e. The van der Waals surface area contributed by atoms with Crippen LogP contribution in [0, 0.1) is 5.92 Å². The second kappa shape index (κ2) is 7.22. The molecule has 1 aliphatic heterocycles. The molecule has 2 amide bonds. The molecule has 1 aliphatic carbocycles. The molecule has 2 aliphatic rings. The van der Waals surface area contributed by atoms with Gasteiger partial charge in [0, 0.05) is 25.9 Å². The van der Waals surface area contributed by atoms with Crippen molar-refractivity contribution in [3.8, 4) is 0 Å². The maximum Gasteiger partial charge on any atom is 0.314 e. The molecular weight excluding hydrogens is 263 g/mol. The van der Waals surface area contributed by atoms with Gasteiger partial charge < -0.3 is 20.1 Å². The summed E-state index contributed by atoms with van der Waals surface area (Å²) in [7, 11) is 0. The first-order chi connectivity index (χ1) is 9.63. The van der Waals surface area contributed by atoms with Crippen LogP contribution < -0.4 is 10.6 Å². The van der Waals surface area contributed by atoms with Crippen LogP contribution in [-0.2, 0) is 9.47 Å². The monoisotopic (exact) mass is 288 g/mol. The first-order valence-electron chi connectivity index (χ1n) is 7.53. The lowest BCUT2D eigenvalue weighted by Gasteiger charge is -2.34. The normalized spacial score (nSPS) is 33.3. The van der Waals surface area contributed by atoms with E-state index in [0.717, 1.165) is 31.6 Å². The van der Waals surface area contributed by atoms with Crippen LogP contribution in [0.4, 0.5) is 9.18 Å². The number of nitrogens with one attached hydrogen (secondary N) is 2. The number of carbonyl (C=O) groups excluding carboxylic acids is 1. The van der Waals surface area contributed by atoms with Crippen molar-refractivity contribution in [1.29, 1.82) is 0 Å². The third-order valence-corrected chi connectivity index (χ3v) is 4.04. The minimum Gasteiger partial charge on any atom is -0.347 e. The van der Waals surface area contributed by atoms with Crippen LogP contribution in [0.3, 0.4) is 0 Å². The summed E-state index contributed by atoms with van der Waals surface area (Å²) in [5.74, 6) is 0.329. The molecule has 2 rings (SSSR count). The predicted molar refractivity (Wildman–Crippen MR) is 73.2 cm³/mol. The van der Waals surface area contributed by atoms with E-state index in [1.54, 1.807) is 0 Å². The van der Waals surface area contributed by atoms with Crippen LogP contribution in [0.15, 0.2) is 0 Å². The topological polar surface area (TPSA) is 59.6 Å². The quantitative estimate of drug-likeness (QED) is 0.760. The Balaban J connectivity index is 1.65. The van der Waals surface area contributed by atoms with E-state index in [-0.39, 0.29) is 12.1 Å². The molecule has 5 nitrogen and oxygen atoms in total. The molecule has 0 radical (unpaired) electrons. The van der Waals surface area contributed by atoms with Gasteiger partial charge in [-0.25, -0.2) is 4.79 Å². The first-order valence-corrected chi connectivity index (χ1v) is 7.53. The summed E-state index contributed by atoms with van der Waals surface area (Å²) in [6.45, 7) is 3.15. The summed E-state index contributed by atoms with van der Waals surface area (Å²) in [6, 6.07) is -0.278. The number of hydrogen-bond acceptors (Lipinski definition) is 3. The van der Waals surface area contributed by atoms with Gasteiger partial charge in [-0.1, -0.05) is 6.92 Å². The first kappa shape index (κ1) is 15.5. The van der Waals surface area contributed by atoms with Crippen molar-refractivity contribution >= 4 is 6.03 Å². The number of halogens is 1. The van der Waals surface area contributed by atoms with Crippen molar-refractivity contribution in [2.75, 3.05) is 26.4 Å². The molecule has 2 fully saturated rings. The molecule has 20 heavy (non-hydrogen) atoms. The molecule has 0 unspecified atom stereocenters. The van der Waals surface area contributed by atoms with Crippen LogP contribution in [-0.4, -0.2) is 44.3 Å². The van der Waals surface area contributed by atoms with Crippen LogP contribution in [0.2, 0.25) is 0 Å². The zero-order valence-electron chi connectivity index (χ0n) is 12.1. The fourth-order valence-electron chi connectivity index (χ4n) is 2.72. The van der Waals surface area contributed by atoms with E-state index < -0.39 is 12.5 Å². The van der Waals surface area contributed by atoms with Gasteiger partial charge >= 0.3 is 6.03 Å².